The van der Waals surface area contributed by atoms with Gasteiger partial charge in [0, 0.05) is 18.8 Å². The molecular weight excluding hydrogens is 216 g/mol. The van der Waals surface area contributed by atoms with Crippen molar-refractivity contribution in [3.8, 4) is 0 Å². The van der Waals surface area contributed by atoms with Crippen LogP contribution in [0.2, 0.25) is 0 Å². The number of ether oxygens (including phenoxy) is 1. The van der Waals surface area contributed by atoms with E-state index in [0.717, 1.165) is 32.1 Å². The highest BCUT2D eigenvalue weighted by molar-refractivity contribution is 5.91. The summed E-state index contributed by atoms with van der Waals surface area (Å²) >= 11 is 0. The molecule has 0 amide bonds. The number of carbonyl (C=O) groups is 2. The van der Waals surface area contributed by atoms with Crippen LogP contribution in [-0.4, -0.2) is 17.9 Å². The van der Waals surface area contributed by atoms with Crippen molar-refractivity contribution in [1.29, 1.82) is 0 Å². The van der Waals surface area contributed by atoms with Gasteiger partial charge in [0.1, 0.15) is 6.10 Å². The maximum Gasteiger partial charge on any atom is 0.302 e. The molecule has 0 aromatic heterocycles. The summed E-state index contributed by atoms with van der Waals surface area (Å²) in [5.74, 6) is 0.00956. The third kappa shape index (κ3) is 2.43. The second-order valence-electron chi connectivity index (χ2n) is 5.40. The van der Waals surface area contributed by atoms with E-state index in [4.69, 9.17) is 4.74 Å². The molecule has 3 heteroatoms. The summed E-state index contributed by atoms with van der Waals surface area (Å²) in [5, 5.41) is 0. The largest absolute Gasteiger partial charge is 0.462 e. The summed E-state index contributed by atoms with van der Waals surface area (Å²) < 4.78 is 5.49. The molecule has 2 aliphatic rings. The zero-order valence-corrected chi connectivity index (χ0v) is 10.6. The normalized spacial score (nSPS) is 33.4. The molecule has 2 rings (SSSR count). The van der Waals surface area contributed by atoms with E-state index in [9.17, 15) is 9.59 Å². The molecule has 2 atom stereocenters. The summed E-state index contributed by atoms with van der Waals surface area (Å²) in [6.07, 6.45) is 7.19. The first-order valence-corrected chi connectivity index (χ1v) is 6.43. The first-order valence-electron chi connectivity index (χ1n) is 6.43. The van der Waals surface area contributed by atoms with Gasteiger partial charge in [0.2, 0.25) is 0 Å². The quantitative estimate of drug-likeness (QED) is 0.657. The van der Waals surface area contributed by atoms with Gasteiger partial charge < -0.3 is 4.74 Å². The zero-order valence-electron chi connectivity index (χ0n) is 10.6. The van der Waals surface area contributed by atoms with Gasteiger partial charge in [-0.25, -0.2) is 0 Å². The lowest BCUT2D eigenvalue weighted by Crippen LogP contribution is -2.39. The number of allylic oxidation sites excluding steroid dienone is 1. The van der Waals surface area contributed by atoms with Crippen molar-refractivity contribution < 1.29 is 14.3 Å². The maximum absolute atomic E-state index is 11.5. The number of ketones is 1. The molecule has 1 fully saturated rings. The molecule has 17 heavy (non-hydrogen) atoms. The highest BCUT2D eigenvalue weighted by atomic mass is 16.5. The summed E-state index contributed by atoms with van der Waals surface area (Å²) in [7, 11) is 0. The highest BCUT2D eigenvalue weighted by Crippen LogP contribution is 2.46. The van der Waals surface area contributed by atoms with Gasteiger partial charge in [-0.05, 0) is 38.2 Å². The molecule has 0 heterocycles. The third-order valence-corrected chi connectivity index (χ3v) is 4.14. The number of hydrogen-bond acceptors (Lipinski definition) is 3. The van der Waals surface area contributed by atoms with Crippen molar-refractivity contribution in [2.24, 2.45) is 5.41 Å². The molecule has 0 spiro atoms. The first kappa shape index (κ1) is 12.3. The highest BCUT2D eigenvalue weighted by Gasteiger charge is 2.43. The topological polar surface area (TPSA) is 43.4 Å². The fourth-order valence-electron chi connectivity index (χ4n) is 3.05. The minimum absolute atomic E-state index is 0.0538. The van der Waals surface area contributed by atoms with Crippen LogP contribution in [0.5, 0.6) is 0 Å². The minimum atomic E-state index is -0.214. The average molecular weight is 236 g/mol. The van der Waals surface area contributed by atoms with Crippen LogP contribution in [0, 0.1) is 5.41 Å². The van der Waals surface area contributed by atoms with Crippen LogP contribution in [0.4, 0.5) is 0 Å². The molecule has 0 aromatic carbocycles. The summed E-state index contributed by atoms with van der Waals surface area (Å²) in [6, 6.07) is 0. The van der Waals surface area contributed by atoms with Gasteiger partial charge in [-0.2, -0.15) is 0 Å². The standard InChI is InChI=1S/C14H20O3/c1-10(15)17-13-6-4-3-5-11-9-12(16)7-8-14(11,13)2/h9,13H,3-8H2,1-2H3/t13-,14-/m0/s1. The van der Waals surface area contributed by atoms with Gasteiger partial charge in [0.05, 0.1) is 0 Å². The SMILES string of the molecule is CC(=O)O[C@H]1CCCCC2=CC(=O)CC[C@@]21C. The number of hydrogen-bond donors (Lipinski definition) is 0. The van der Waals surface area contributed by atoms with Crippen LogP contribution >= 0.6 is 0 Å². The molecule has 0 bridgehead atoms. The van der Waals surface area contributed by atoms with Crippen molar-refractivity contribution >= 4 is 11.8 Å². The van der Waals surface area contributed by atoms with E-state index < -0.39 is 0 Å². The lowest BCUT2D eigenvalue weighted by atomic mass is 9.69. The molecule has 0 N–H and O–H groups in total. The molecule has 3 nitrogen and oxygen atoms in total. The Morgan fingerprint density at radius 2 is 2.18 bits per heavy atom. The zero-order chi connectivity index (χ0) is 12.5. The Balaban J connectivity index is 2.30. The molecule has 2 aliphatic carbocycles. The molecule has 0 aliphatic heterocycles. The van der Waals surface area contributed by atoms with Crippen LogP contribution in [-0.2, 0) is 14.3 Å². The van der Waals surface area contributed by atoms with Crippen molar-refractivity contribution in [2.45, 2.75) is 58.5 Å². The van der Waals surface area contributed by atoms with Crippen molar-refractivity contribution in [3.05, 3.63) is 11.6 Å². The molecule has 0 unspecified atom stereocenters. The van der Waals surface area contributed by atoms with Crippen LogP contribution in [0.25, 0.3) is 0 Å². The maximum atomic E-state index is 11.5. The van der Waals surface area contributed by atoms with E-state index in [1.807, 2.05) is 0 Å². The number of esters is 1. The van der Waals surface area contributed by atoms with Crippen LogP contribution in [0.1, 0.15) is 52.4 Å². The average Bonchev–Trinajstić information content (AvgIpc) is 2.40. The Hall–Kier alpha value is -1.12. The smallest absolute Gasteiger partial charge is 0.302 e. The van der Waals surface area contributed by atoms with Crippen LogP contribution in [0.3, 0.4) is 0 Å². The van der Waals surface area contributed by atoms with Gasteiger partial charge in [0.15, 0.2) is 5.78 Å². The Morgan fingerprint density at radius 3 is 2.88 bits per heavy atom. The van der Waals surface area contributed by atoms with Crippen LogP contribution < -0.4 is 0 Å². The summed E-state index contributed by atoms with van der Waals surface area (Å²) in [5.41, 5.74) is 1.08. The van der Waals surface area contributed by atoms with E-state index in [1.54, 1.807) is 6.08 Å². The molecule has 94 valence electrons. The van der Waals surface area contributed by atoms with E-state index in [1.165, 1.54) is 12.5 Å². The van der Waals surface area contributed by atoms with Gasteiger partial charge >= 0.3 is 5.97 Å². The third-order valence-electron chi connectivity index (χ3n) is 4.14. The fraction of sp³-hybridized carbons (Fsp3) is 0.714. The number of carbonyl (C=O) groups excluding carboxylic acids is 2. The van der Waals surface area contributed by atoms with Gasteiger partial charge in [0.25, 0.3) is 0 Å². The van der Waals surface area contributed by atoms with Crippen molar-refractivity contribution in [3.63, 3.8) is 0 Å². The second-order valence-corrected chi connectivity index (χ2v) is 5.40. The first-order chi connectivity index (χ1) is 8.02. The Kier molecular flexibility index (Phi) is 3.36. The summed E-state index contributed by atoms with van der Waals surface area (Å²) in [4.78, 5) is 22.7. The molecule has 1 saturated carbocycles. The van der Waals surface area contributed by atoms with E-state index >= 15 is 0 Å². The fourth-order valence-corrected chi connectivity index (χ4v) is 3.05. The van der Waals surface area contributed by atoms with E-state index in [-0.39, 0.29) is 23.3 Å². The molecule has 0 aromatic rings. The minimum Gasteiger partial charge on any atom is -0.462 e. The second kappa shape index (κ2) is 4.63. The summed E-state index contributed by atoms with van der Waals surface area (Å²) in [6.45, 7) is 3.61. The van der Waals surface area contributed by atoms with Gasteiger partial charge in [-0.3, -0.25) is 9.59 Å². The lowest BCUT2D eigenvalue weighted by Gasteiger charge is -2.39. The lowest BCUT2D eigenvalue weighted by molar-refractivity contribution is -0.152. The van der Waals surface area contributed by atoms with Gasteiger partial charge in [-0.1, -0.05) is 12.5 Å². The Labute approximate surface area is 102 Å². The van der Waals surface area contributed by atoms with E-state index in [2.05, 4.69) is 6.92 Å². The molecule has 0 saturated heterocycles. The molecular formula is C14H20O3. The van der Waals surface area contributed by atoms with E-state index in [0.29, 0.717) is 6.42 Å². The van der Waals surface area contributed by atoms with Crippen molar-refractivity contribution in [2.75, 3.05) is 0 Å². The number of rotatable bonds is 1. The van der Waals surface area contributed by atoms with Crippen LogP contribution in [0.15, 0.2) is 11.6 Å². The monoisotopic (exact) mass is 236 g/mol. The predicted molar refractivity (Wildman–Crippen MR) is 64.5 cm³/mol. The van der Waals surface area contributed by atoms with Gasteiger partial charge in [-0.15, -0.1) is 0 Å². The Morgan fingerprint density at radius 1 is 1.41 bits per heavy atom. The number of fused-ring (bicyclic) bond motifs is 1. The molecule has 0 radical (unpaired) electrons. The Bertz CT molecular complexity index is 370. The predicted octanol–water partition coefficient (Wildman–Crippen LogP) is 2.79. The van der Waals surface area contributed by atoms with Crippen molar-refractivity contribution in [1.82, 2.24) is 0 Å².